The van der Waals surface area contributed by atoms with Crippen LogP contribution in [0.3, 0.4) is 0 Å². The van der Waals surface area contributed by atoms with Crippen molar-refractivity contribution in [3.63, 3.8) is 0 Å². The molecular weight excluding hydrogens is 447 g/mol. The fourth-order valence-corrected chi connectivity index (χ4v) is 4.09. The van der Waals surface area contributed by atoms with Gasteiger partial charge < -0.3 is 16.8 Å². The van der Waals surface area contributed by atoms with Crippen molar-refractivity contribution in [3.8, 4) is 11.3 Å². The van der Waals surface area contributed by atoms with Crippen LogP contribution < -0.4 is 16.8 Å². The van der Waals surface area contributed by atoms with Crippen LogP contribution in [0.25, 0.3) is 16.8 Å². The maximum Gasteiger partial charge on any atom is 0.416 e. The zero-order chi connectivity index (χ0) is 24.0. The number of nitrogen functional groups attached to an aromatic ring is 1. The van der Waals surface area contributed by atoms with Crippen molar-refractivity contribution >= 4 is 23.1 Å². The number of nitrogens with two attached hydrogens (primary N) is 2. The molecule has 1 amide bonds. The van der Waals surface area contributed by atoms with Crippen LogP contribution in [0.2, 0.25) is 0 Å². The Balaban J connectivity index is 1.42. The Hall–Kier alpha value is -3.99. The summed E-state index contributed by atoms with van der Waals surface area (Å²) in [5.41, 5.74) is 13.5. The number of nitrogens with zero attached hydrogens (tertiary/aromatic N) is 4. The molecule has 0 radical (unpaired) electrons. The number of benzene rings is 1. The molecule has 0 aliphatic heterocycles. The molecule has 1 saturated carbocycles. The number of nitrogens with one attached hydrogen (secondary N) is 1. The second-order valence-corrected chi connectivity index (χ2v) is 8.24. The molecule has 1 aliphatic carbocycles. The molecule has 34 heavy (non-hydrogen) atoms. The minimum absolute atomic E-state index is 0.157. The molecule has 0 bridgehead atoms. The van der Waals surface area contributed by atoms with Gasteiger partial charge in [-0.05, 0) is 37.1 Å². The van der Waals surface area contributed by atoms with Crippen molar-refractivity contribution < 1.29 is 18.0 Å². The Morgan fingerprint density at radius 3 is 2.50 bits per heavy atom. The van der Waals surface area contributed by atoms with Gasteiger partial charge >= 0.3 is 6.18 Å². The van der Waals surface area contributed by atoms with Gasteiger partial charge in [-0.2, -0.15) is 13.2 Å². The van der Waals surface area contributed by atoms with Crippen molar-refractivity contribution in [2.75, 3.05) is 11.1 Å². The highest BCUT2D eigenvalue weighted by molar-refractivity contribution is 6.04. The number of halogens is 3. The topological polar surface area (TPSA) is 124 Å². The average molecular weight is 467 g/mol. The van der Waals surface area contributed by atoms with Crippen molar-refractivity contribution in [1.29, 1.82) is 0 Å². The van der Waals surface area contributed by atoms with Gasteiger partial charge in [-0.15, -0.1) is 0 Å². The second kappa shape index (κ2) is 8.10. The first-order chi connectivity index (χ1) is 16.2. The molecule has 5 rings (SSSR count). The van der Waals surface area contributed by atoms with Gasteiger partial charge in [0, 0.05) is 41.7 Å². The molecule has 11 heteroatoms. The van der Waals surface area contributed by atoms with E-state index in [1.54, 1.807) is 30.5 Å². The molecule has 1 fully saturated rings. The quantitative estimate of drug-likeness (QED) is 0.419. The average Bonchev–Trinajstić information content (AvgIpc) is 3.17. The van der Waals surface area contributed by atoms with E-state index in [2.05, 4.69) is 15.3 Å². The van der Waals surface area contributed by atoms with Gasteiger partial charge in [-0.25, -0.2) is 15.0 Å². The highest BCUT2D eigenvalue weighted by Crippen LogP contribution is 2.38. The molecule has 1 aromatic carbocycles. The highest BCUT2D eigenvalue weighted by atomic mass is 19.4. The fraction of sp³-hybridized carbons (Fsp3) is 0.217. The summed E-state index contributed by atoms with van der Waals surface area (Å²) in [6.07, 6.45) is 1.57. The van der Waals surface area contributed by atoms with Gasteiger partial charge in [0.2, 0.25) is 0 Å². The van der Waals surface area contributed by atoms with Crippen LogP contribution in [0, 0.1) is 0 Å². The van der Waals surface area contributed by atoms with Gasteiger partial charge in [0.1, 0.15) is 28.7 Å². The van der Waals surface area contributed by atoms with Crippen LogP contribution in [0.5, 0.6) is 0 Å². The molecule has 5 N–H and O–H groups in total. The van der Waals surface area contributed by atoms with E-state index in [1.165, 1.54) is 0 Å². The monoisotopic (exact) mass is 467 g/mol. The van der Waals surface area contributed by atoms with E-state index < -0.39 is 17.6 Å². The van der Waals surface area contributed by atoms with E-state index in [9.17, 15) is 18.0 Å². The number of pyridine rings is 1. The third-order valence-corrected chi connectivity index (χ3v) is 5.90. The number of fused-ring (bicyclic) bond motifs is 1. The number of anilines is 2. The third kappa shape index (κ3) is 3.94. The van der Waals surface area contributed by atoms with E-state index in [-0.39, 0.29) is 23.3 Å². The van der Waals surface area contributed by atoms with Crippen LogP contribution >= 0.6 is 0 Å². The molecule has 0 spiro atoms. The lowest BCUT2D eigenvalue weighted by Crippen LogP contribution is -2.35. The van der Waals surface area contributed by atoms with Gasteiger partial charge in [-0.1, -0.05) is 12.1 Å². The molecule has 0 unspecified atom stereocenters. The number of hydrogen-bond acceptors (Lipinski definition) is 6. The first-order valence-corrected chi connectivity index (χ1v) is 10.5. The summed E-state index contributed by atoms with van der Waals surface area (Å²) in [7, 11) is 0. The van der Waals surface area contributed by atoms with E-state index in [0.29, 0.717) is 17.0 Å². The van der Waals surface area contributed by atoms with E-state index in [0.717, 1.165) is 42.6 Å². The summed E-state index contributed by atoms with van der Waals surface area (Å²) in [6, 6.07) is 8.33. The summed E-state index contributed by atoms with van der Waals surface area (Å²) < 4.78 is 40.6. The maximum atomic E-state index is 12.9. The number of amides is 1. The summed E-state index contributed by atoms with van der Waals surface area (Å²) >= 11 is 0. The molecule has 0 atom stereocenters. The summed E-state index contributed by atoms with van der Waals surface area (Å²) in [4.78, 5) is 25.4. The number of carbonyl (C=O) groups is 1. The Labute approximate surface area is 191 Å². The number of carbonyl (C=O) groups excluding carboxylic acids is 1. The number of hydrogen-bond donors (Lipinski definition) is 3. The Kier molecular flexibility index (Phi) is 5.20. The normalized spacial score (nSPS) is 18.0. The van der Waals surface area contributed by atoms with Crippen LogP contribution in [0.4, 0.5) is 24.8 Å². The van der Waals surface area contributed by atoms with E-state index in [4.69, 9.17) is 16.5 Å². The molecule has 8 nitrogen and oxygen atoms in total. The zero-order valence-electron chi connectivity index (χ0n) is 17.8. The number of imidazole rings is 1. The number of aromatic nitrogens is 4. The van der Waals surface area contributed by atoms with Crippen LogP contribution in [-0.4, -0.2) is 31.3 Å². The van der Waals surface area contributed by atoms with Crippen molar-refractivity contribution in [1.82, 2.24) is 19.4 Å². The number of alkyl halides is 3. The maximum absolute atomic E-state index is 12.9. The highest BCUT2D eigenvalue weighted by Gasteiger charge is 2.32. The summed E-state index contributed by atoms with van der Waals surface area (Å²) in [5, 5.41) is 2.40. The third-order valence-electron chi connectivity index (χ3n) is 5.90. The van der Waals surface area contributed by atoms with E-state index in [1.807, 2.05) is 10.6 Å². The SMILES string of the molecule is Nc1nccn2c(C3CC(N)C3)nc(-c3ccc(C(=O)Nc4cc(C(F)(F)F)ccn4)cc3)c12. The van der Waals surface area contributed by atoms with Crippen LogP contribution in [0.15, 0.2) is 55.0 Å². The predicted octanol–water partition coefficient (Wildman–Crippen LogP) is 3.85. The largest absolute Gasteiger partial charge is 0.416 e. The molecule has 174 valence electrons. The number of rotatable bonds is 4. The second-order valence-electron chi connectivity index (χ2n) is 8.24. The Morgan fingerprint density at radius 2 is 1.82 bits per heavy atom. The lowest BCUT2D eigenvalue weighted by Gasteiger charge is -2.31. The van der Waals surface area contributed by atoms with Gasteiger partial charge in [0.15, 0.2) is 0 Å². The minimum Gasteiger partial charge on any atom is -0.382 e. The lowest BCUT2D eigenvalue weighted by molar-refractivity contribution is -0.137. The Morgan fingerprint density at radius 1 is 1.09 bits per heavy atom. The summed E-state index contributed by atoms with van der Waals surface area (Å²) in [5.74, 6) is 0.642. The standard InChI is InChI=1S/C23H20F3N7O/c24-23(25,26)15-5-6-29-17(11-15)31-22(34)13-3-1-12(2-4-13)18-19-20(28)30-7-8-33(19)21(32-18)14-9-16(27)10-14/h1-8,11,14,16H,9-10,27H2,(H2,28,30)(H,29,31,34). The molecule has 3 heterocycles. The smallest absolute Gasteiger partial charge is 0.382 e. The first kappa shape index (κ1) is 21.8. The zero-order valence-corrected chi connectivity index (χ0v) is 17.8. The molecule has 1 aliphatic rings. The van der Waals surface area contributed by atoms with Gasteiger partial charge in [0.25, 0.3) is 5.91 Å². The molecule has 0 saturated heterocycles. The lowest BCUT2D eigenvalue weighted by atomic mass is 9.80. The van der Waals surface area contributed by atoms with Crippen LogP contribution in [0.1, 0.15) is 40.5 Å². The van der Waals surface area contributed by atoms with Crippen molar-refractivity contribution in [2.45, 2.75) is 31.0 Å². The van der Waals surface area contributed by atoms with E-state index >= 15 is 0 Å². The minimum atomic E-state index is -4.53. The molecule has 4 aromatic rings. The van der Waals surface area contributed by atoms with Crippen molar-refractivity contribution in [3.05, 3.63) is 71.9 Å². The van der Waals surface area contributed by atoms with Crippen LogP contribution in [-0.2, 0) is 6.18 Å². The predicted molar refractivity (Wildman–Crippen MR) is 120 cm³/mol. The molecule has 3 aromatic heterocycles. The first-order valence-electron chi connectivity index (χ1n) is 10.5. The Bertz CT molecular complexity index is 1380. The summed E-state index contributed by atoms with van der Waals surface area (Å²) in [6.45, 7) is 0. The van der Waals surface area contributed by atoms with Gasteiger partial charge in [-0.3, -0.25) is 9.20 Å². The van der Waals surface area contributed by atoms with Gasteiger partial charge in [0.05, 0.1) is 5.56 Å². The van der Waals surface area contributed by atoms with Crippen molar-refractivity contribution in [2.24, 2.45) is 5.73 Å². The molecular formula is C23H20F3N7O. The fourth-order valence-electron chi connectivity index (χ4n) is 4.09.